The highest BCUT2D eigenvalue weighted by molar-refractivity contribution is 9.10. The molecule has 1 heterocycles. The molecule has 1 N–H and O–H groups in total. The van der Waals surface area contributed by atoms with E-state index >= 15 is 0 Å². The molecule has 0 amide bonds. The summed E-state index contributed by atoms with van der Waals surface area (Å²) in [6, 6.07) is 13.3. The average molecular weight is 306 g/mol. The summed E-state index contributed by atoms with van der Waals surface area (Å²) >= 11 is 3.61. The molecule has 18 heavy (non-hydrogen) atoms. The third kappa shape index (κ3) is 2.44. The lowest BCUT2D eigenvalue weighted by molar-refractivity contribution is 0.190. The number of hydrogen-bond donors (Lipinski definition) is 1. The second-order valence-corrected chi connectivity index (χ2v) is 5.55. The number of nitrogens with one attached hydrogen (secondary N) is 1. The van der Waals surface area contributed by atoms with Gasteiger partial charge in [0.1, 0.15) is 0 Å². The van der Waals surface area contributed by atoms with Gasteiger partial charge in [0.15, 0.2) is 0 Å². The monoisotopic (exact) mass is 305 g/mol. The maximum atomic E-state index is 5.38. The first-order chi connectivity index (χ1) is 8.84. The van der Waals surface area contributed by atoms with Gasteiger partial charge in [-0.1, -0.05) is 46.3 Å². The summed E-state index contributed by atoms with van der Waals surface area (Å²) in [7, 11) is 0. The van der Waals surface area contributed by atoms with E-state index in [1.54, 1.807) is 0 Å². The molecule has 0 spiro atoms. The number of fused-ring (bicyclic) bond motifs is 1. The predicted molar refractivity (Wildman–Crippen MR) is 77.7 cm³/mol. The predicted octanol–water partition coefficient (Wildman–Crippen LogP) is 3.48. The van der Waals surface area contributed by atoms with Crippen LogP contribution in [0.3, 0.4) is 0 Å². The smallest absolute Gasteiger partial charge is 0.0620 e. The second-order valence-electron chi connectivity index (χ2n) is 4.69. The van der Waals surface area contributed by atoms with Gasteiger partial charge in [0.25, 0.3) is 0 Å². The molecule has 1 aliphatic heterocycles. The lowest BCUT2D eigenvalue weighted by Crippen LogP contribution is -2.28. The Morgan fingerprint density at radius 1 is 1.17 bits per heavy atom. The molecule has 1 unspecified atom stereocenters. The van der Waals surface area contributed by atoms with Gasteiger partial charge in [-0.2, -0.15) is 0 Å². The minimum atomic E-state index is 0.507. The molecule has 1 aliphatic rings. The summed E-state index contributed by atoms with van der Waals surface area (Å²) < 4.78 is 6.54. The normalized spacial score (nSPS) is 19.5. The van der Waals surface area contributed by atoms with E-state index < -0.39 is 0 Å². The van der Waals surface area contributed by atoms with Crippen LogP contribution in [0.1, 0.15) is 12.0 Å². The van der Waals surface area contributed by atoms with Gasteiger partial charge in [0, 0.05) is 23.7 Å². The van der Waals surface area contributed by atoms with Crippen molar-refractivity contribution in [1.29, 1.82) is 0 Å². The maximum Gasteiger partial charge on any atom is 0.0620 e. The first-order valence-electron chi connectivity index (χ1n) is 6.32. The average Bonchev–Trinajstić information content (AvgIpc) is 2.92. The topological polar surface area (TPSA) is 21.3 Å². The Labute approximate surface area is 115 Å². The zero-order valence-corrected chi connectivity index (χ0v) is 11.7. The molecule has 2 aromatic rings. The molecular formula is C15H16BrNO. The molecule has 0 aromatic heterocycles. The van der Waals surface area contributed by atoms with Crippen LogP contribution in [0, 0.1) is 0 Å². The van der Waals surface area contributed by atoms with Crippen molar-refractivity contribution in [2.75, 3.05) is 13.2 Å². The summed E-state index contributed by atoms with van der Waals surface area (Å²) in [5.74, 6) is 0. The van der Waals surface area contributed by atoms with Crippen molar-refractivity contribution in [3.8, 4) is 0 Å². The number of rotatable bonds is 3. The van der Waals surface area contributed by atoms with Gasteiger partial charge in [-0.15, -0.1) is 0 Å². The van der Waals surface area contributed by atoms with Gasteiger partial charge < -0.3 is 10.1 Å². The third-order valence-corrected chi connectivity index (χ3v) is 4.16. The molecule has 2 nitrogen and oxygen atoms in total. The summed E-state index contributed by atoms with van der Waals surface area (Å²) in [5, 5.41) is 6.16. The summed E-state index contributed by atoms with van der Waals surface area (Å²) in [6.07, 6.45) is 1.12. The van der Waals surface area contributed by atoms with E-state index in [1.807, 2.05) is 0 Å². The van der Waals surface area contributed by atoms with Crippen molar-refractivity contribution < 1.29 is 4.74 Å². The Morgan fingerprint density at radius 2 is 2.00 bits per heavy atom. The van der Waals surface area contributed by atoms with Crippen LogP contribution in [0.25, 0.3) is 10.8 Å². The molecule has 94 valence electrons. The largest absolute Gasteiger partial charge is 0.380 e. The molecule has 1 saturated heterocycles. The quantitative estimate of drug-likeness (QED) is 0.937. The van der Waals surface area contributed by atoms with Crippen LogP contribution < -0.4 is 5.32 Å². The van der Waals surface area contributed by atoms with E-state index in [2.05, 4.69) is 57.6 Å². The van der Waals surface area contributed by atoms with Crippen LogP contribution in [0.2, 0.25) is 0 Å². The lowest BCUT2D eigenvalue weighted by Gasteiger charge is -2.13. The van der Waals surface area contributed by atoms with E-state index in [0.29, 0.717) is 6.04 Å². The third-order valence-electron chi connectivity index (χ3n) is 3.47. The Hall–Kier alpha value is -0.900. The van der Waals surface area contributed by atoms with Crippen LogP contribution in [-0.2, 0) is 11.3 Å². The standard InChI is InChI=1S/C15H16BrNO/c16-15-6-5-11(9-17-12-7-8-18-10-12)13-3-1-2-4-14(13)15/h1-6,12,17H,7-10H2. The molecule has 0 bridgehead atoms. The van der Waals surface area contributed by atoms with Crippen molar-refractivity contribution in [1.82, 2.24) is 5.32 Å². The van der Waals surface area contributed by atoms with Crippen molar-refractivity contribution in [2.24, 2.45) is 0 Å². The van der Waals surface area contributed by atoms with E-state index in [0.717, 1.165) is 30.7 Å². The summed E-state index contributed by atoms with van der Waals surface area (Å²) in [6.45, 7) is 2.63. The highest BCUT2D eigenvalue weighted by Gasteiger charge is 2.15. The van der Waals surface area contributed by atoms with Crippen molar-refractivity contribution in [3.05, 3.63) is 46.4 Å². The molecule has 0 saturated carbocycles. The molecule has 1 fully saturated rings. The molecule has 0 aliphatic carbocycles. The first kappa shape index (κ1) is 12.2. The van der Waals surface area contributed by atoms with Crippen molar-refractivity contribution in [3.63, 3.8) is 0 Å². The highest BCUT2D eigenvalue weighted by Crippen LogP contribution is 2.26. The Balaban J connectivity index is 1.85. The molecule has 0 radical (unpaired) electrons. The maximum absolute atomic E-state index is 5.38. The molecule has 3 heteroatoms. The summed E-state index contributed by atoms with van der Waals surface area (Å²) in [4.78, 5) is 0. The SMILES string of the molecule is Brc1ccc(CNC2CCOC2)c2ccccc12. The van der Waals surface area contributed by atoms with Gasteiger partial charge >= 0.3 is 0 Å². The Morgan fingerprint density at radius 3 is 2.78 bits per heavy atom. The van der Waals surface area contributed by atoms with Crippen LogP contribution in [0.5, 0.6) is 0 Å². The van der Waals surface area contributed by atoms with Gasteiger partial charge in [-0.05, 0) is 28.8 Å². The lowest BCUT2D eigenvalue weighted by atomic mass is 10.0. The fraction of sp³-hybridized carbons (Fsp3) is 0.333. The number of halogens is 1. The van der Waals surface area contributed by atoms with Crippen molar-refractivity contribution in [2.45, 2.75) is 19.0 Å². The molecule has 3 rings (SSSR count). The number of hydrogen-bond acceptors (Lipinski definition) is 2. The minimum Gasteiger partial charge on any atom is -0.380 e. The van der Waals surface area contributed by atoms with E-state index in [1.165, 1.54) is 16.3 Å². The van der Waals surface area contributed by atoms with E-state index in [9.17, 15) is 0 Å². The van der Waals surface area contributed by atoms with Crippen LogP contribution in [-0.4, -0.2) is 19.3 Å². The number of ether oxygens (including phenoxy) is 1. The minimum absolute atomic E-state index is 0.507. The summed E-state index contributed by atoms with van der Waals surface area (Å²) in [5.41, 5.74) is 1.35. The van der Waals surface area contributed by atoms with E-state index in [4.69, 9.17) is 4.74 Å². The Bertz CT molecular complexity index is 549. The Kier molecular flexibility index (Phi) is 3.64. The van der Waals surface area contributed by atoms with Gasteiger partial charge in [0.2, 0.25) is 0 Å². The zero-order chi connectivity index (χ0) is 12.4. The van der Waals surface area contributed by atoms with Gasteiger partial charge in [-0.3, -0.25) is 0 Å². The number of benzene rings is 2. The van der Waals surface area contributed by atoms with Gasteiger partial charge in [-0.25, -0.2) is 0 Å². The van der Waals surface area contributed by atoms with Crippen LogP contribution in [0.15, 0.2) is 40.9 Å². The fourth-order valence-corrected chi connectivity index (χ4v) is 2.91. The molecule has 1 atom stereocenters. The molecular weight excluding hydrogens is 290 g/mol. The molecule has 2 aromatic carbocycles. The van der Waals surface area contributed by atoms with Crippen LogP contribution in [0.4, 0.5) is 0 Å². The second kappa shape index (κ2) is 5.39. The van der Waals surface area contributed by atoms with Crippen molar-refractivity contribution >= 4 is 26.7 Å². The van der Waals surface area contributed by atoms with E-state index in [-0.39, 0.29) is 0 Å². The fourth-order valence-electron chi connectivity index (χ4n) is 2.43. The van der Waals surface area contributed by atoms with Gasteiger partial charge in [0.05, 0.1) is 6.61 Å². The van der Waals surface area contributed by atoms with Crippen LogP contribution >= 0.6 is 15.9 Å². The first-order valence-corrected chi connectivity index (χ1v) is 7.11. The zero-order valence-electron chi connectivity index (χ0n) is 10.2. The highest BCUT2D eigenvalue weighted by atomic mass is 79.9.